The van der Waals surface area contributed by atoms with Gasteiger partial charge in [0.2, 0.25) is 0 Å². The van der Waals surface area contributed by atoms with Crippen LogP contribution in [0.1, 0.15) is 6.92 Å². The van der Waals surface area contributed by atoms with Crippen LogP contribution in [0.4, 0.5) is 0 Å². The van der Waals surface area contributed by atoms with Gasteiger partial charge in [-0.15, -0.1) is 0 Å². The zero-order valence-electron chi connectivity index (χ0n) is 7.21. The van der Waals surface area contributed by atoms with E-state index in [2.05, 4.69) is 17.1 Å². The van der Waals surface area contributed by atoms with E-state index in [-0.39, 0.29) is 0 Å². The highest BCUT2D eigenvalue weighted by Crippen LogP contribution is 1.99. The molecule has 1 fully saturated rings. The Morgan fingerprint density at radius 1 is 1.45 bits per heavy atom. The second kappa shape index (κ2) is 4.70. The highest BCUT2D eigenvalue weighted by atomic mass is 16.3. The van der Waals surface area contributed by atoms with Gasteiger partial charge < -0.3 is 15.3 Å². The predicted molar refractivity (Wildman–Crippen MR) is 45.6 cm³/mol. The minimum Gasteiger partial charge on any atom is -0.396 e. The van der Waals surface area contributed by atoms with Gasteiger partial charge >= 0.3 is 0 Å². The van der Waals surface area contributed by atoms with Gasteiger partial charge in [0.25, 0.3) is 0 Å². The molecule has 3 nitrogen and oxygen atoms in total. The van der Waals surface area contributed by atoms with Crippen LogP contribution >= 0.6 is 0 Å². The number of nitrogens with zero attached hydrogens (tertiary/aromatic N) is 1. The Balaban J connectivity index is 2.13. The maximum Gasteiger partial charge on any atom is 0.0468 e. The van der Waals surface area contributed by atoms with Crippen molar-refractivity contribution in [1.29, 1.82) is 0 Å². The molecule has 0 unspecified atom stereocenters. The average Bonchev–Trinajstić information content (AvgIpc) is 2.06. The van der Waals surface area contributed by atoms with Crippen molar-refractivity contribution < 1.29 is 5.11 Å². The van der Waals surface area contributed by atoms with E-state index in [0.717, 1.165) is 32.7 Å². The van der Waals surface area contributed by atoms with Gasteiger partial charge in [0.05, 0.1) is 0 Å². The minimum atomic E-state index is 0.309. The summed E-state index contributed by atoms with van der Waals surface area (Å²) in [6, 6.07) is 0. The second-order valence-electron chi connectivity index (χ2n) is 3.34. The summed E-state index contributed by atoms with van der Waals surface area (Å²) in [6.45, 7) is 7.88. The molecule has 1 saturated heterocycles. The Labute approximate surface area is 68.4 Å². The number of piperazine rings is 1. The maximum absolute atomic E-state index is 8.82. The predicted octanol–water partition coefficient (Wildman–Crippen LogP) is -0.480. The number of nitrogens with one attached hydrogen (secondary N) is 1. The SMILES string of the molecule is C[C@H](CO)CN1CCNCC1. The van der Waals surface area contributed by atoms with Crippen LogP contribution in [-0.2, 0) is 0 Å². The van der Waals surface area contributed by atoms with Crippen molar-refractivity contribution in [2.24, 2.45) is 5.92 Å². The zero-order chi connectivity index (χ0) is 8.10. The van der Waals surface area contributed by atoms with E-state index in [1.54, 1.807) is 0 Å². The van der Waals surface area contributed by atoms with Crippen LogP contribution in [-0.4, -0.2) is 49.3 Å². The number of hydrogen-bond donors (Lipinski definition) is 2. The van der Waals surface area contributed by atoms with E-state index in [1.807, 2.05) is 0 Å². The van der Waals surface area contributed by atoms with E-state index in [0.29, 0.717) is 12.5 Å². The summed E-state index contributed by atoms with van der Waals surface area (Å²) in [5.41, 5.74) is 0. The first-order chi connectivity index (χ1) is 5.33. The molecule has 3 heteroatoms. The van der Waals surface area contributed by atoms with Gasteiger partial charge in [-0.1, -0.05) is 6.92 Å². The lowest BCUT2D eigenvalue weighted by atomic mass is 10.2. The molecule has 0 aromatic rings. The maximum atomic E-state index is 8.82. The molecule has 1 aliphatic heterocycles. The first-order valence-corrected chi connectivity index (χ1v) is 4.37. The third-order valence-electron chi connectivity index (χ3n) is 2.09. The molecule has 0 spiro atoms. The van der Waals surface area contributed by atoms with Crippen molar-refractivity contribution in [1.82, 2.24) is 10.2 Å². The van der Waals surface area contributed by atoms with Crippen LogP contribution < -0.4 is 5.32 Å². The van der Waals surface area contributed by atoms with Crippen molar-refractivity contribution in [3.05, 3.63) is 0 Å². The van der Waals surface area contributed by atoms with Gasteiger partial charge in [-0.25, -0.2) is 0 Å². The second-order valence-corrected chi connectivity index (χ2v) is 3.34. The number of rotatable bonds is 3. The van der Waals surface area contributed by atoms with Gasteiger partial charge in [-0.3, -0.25) is 0 Å². The lowest BCUT2D eigenvalue weighted by molar-refractivity contribution is 0.161. The molecule has 0 aliphatic carbocycles. The first-order valence-electron chi connectivity index (χ1n) is 4.37. The minimum absolute atomic E-state index is 0.309. The van der Waals surface area contributed by atoms with Crippen LogP contribution in [0, 0.1) is 5.92 Å². The largest absolute Gasteiger partial charge is 0.396 e. The Kier molecular flexibility index (Phi) is 3.83. The molecular formula is C8H18N2O. The summed E-state index contributed by atoms with van der Waals surface area (Å²) in [5, 5.41) is 12.1. The number of hydrogen-bond acceptors (Lipinski definition) is 3. The third-order valence-corrected chi connectivity index (χ3v) is 2.09. The Hall–Kier alpha value is -0.120. The van der Waals surface area contributed by atoms with E-state index in [1.165, 1.54) is 0 Å². The monoisotopic (exact) mass is 158 g/mol. The van der Waals surface area contributed by atoms with E-state index < -0.39 is 0 Å². The normalized spacial score (nSPS) is 23.5. The van der Waals surface area contributed by atoms with Crippen LogP contribution in [0.2, 0.25) is 0 Å². The van der Waals surface area contributed by atoms with Crippen molar-refractivity contribution in [2.75, 3.05) is 39.3 Å². The van der Waals surface area contributed by atoms with E-state index in [9.17, 15) is 0 Å². The van der Waals surface area contributed by atoms with Crippen molar-refractivity contribution in [2.45, 2.75) is 6.92 Å². The van der Waals surface area contributed by atoms with Crippen molar-refractivity contribution in [3.8, 4) is 0 Å². The summed E-state index contributed by atoms with van der Waals surface area (Å²) in [5.74, 6) is 0.424. The molecule has 11 heavy (non-hydrogen) atoms. The van der Waals surface area contributed by atoms with E-state index >= 15 is 0 Å². The Bertz CT molecular complexity index is 102. The number of aliphatic hydroxyl groups excluding tert-OH is 1. The van der Waals surface area contributed by atoms with Gasteiger partial charge in [0.1, 0.15) is 0 Å². The quantitative estimate of drug-likeness (QED) is 0.582. The molecular weight excluding hydrogens is 140 g/mol. The average molecular weight is 158 g/mol. The smallest absolute Gasteiger partial charge is 0.0468 e. The Morgan fingerprint density at radius 3 is 2.64 bits per heavy atom. The molecule has 0 radical (unpaired) electrons. The van der Waals surface area contributed by atoms with Crippen molar-refractivity contribution in [3.63, 3.8) is 0 Å². The molecule has 1 rings (SSSR count). The molecule has 0 aromatic carbocycles. The van der Waals surface area contributed by atoms with Crippen LogP contribution in [0.3, 0.4) is 0 Å². The summed E-state index contributed by atoms with van der Waals surface area (Å²) < 4.78 is 0. The van der Waals surface area contributed by atoms with Gasteiger partial charge in [-0.05, 0) is 5.92 Å². The summed E-state index contributed by atoms with van der Waals surface area (Å²) >= 11 is 0. The molecule has 0 saturated carbocycles. The van der Waals surface area contributed by atoms with Gasteiger partial charge in [-0.2, -0.15) is 0 Å². The van der Waals surface area contributed by atoms with Crippen LogP contribution in [0.15, 0.2) is 0 Å². The number of aliphatic hydroxyl groups is 1. The summed E-state index contributed by atoms with van der Waals surface area (Å²) in [6.07, 6.45) is 0. The van der Waals surface area contributed by atoms with Crippen molar-refractivity contribution >= 4 is 0 Å². The lowest BCUT2D eigenvalue weighted by Gasteiger charge is -2.28. The highest BCUT2D eigenvalue weighted by Gasteiger charge is 2.11. The van der Waals surface area contributed by atoms with Crippen LogP contribution in [0.5, 0.6) is 0 Å². The fourth-order valence-electron chi connectivity index (χ4n) is 1.39. The molecule has 0 amide bonds. The summed E-state index contributed by atoms with van der Waals surface area (Å²) in [7, 11) is 0. The topological polar surface area (TPSA) is 35.5 Å². The van der Waals surface area contributed by atoms with Gasteiger partial charge in [0.15, 0.2) is 0 Å². The van der Waals surface area contributed by atoms with Gasteiger partial charge in [0, 0.05) is 39.3 Å². The van der Waals surface area contributed by atoms with Crippen LogP contribution in [0.25, 0.3) is 0 Å². The molecule has 1 heterocycles. The highest BCUT2D eigenvalue weighted by molar-refractivity contribution is 4.69. The van der Waals surface area contributed by atoms with E-state index in [4.69, 9.17) is 5.11 Å². The molecule has 1 aliphatic rings. The molecule has 2 N–H and O–H groups in total. The molecule has 0 bridgehead atoms. The fraction of sp³-hybridized carbons (Fsp3) is 1.00. The Morgan fingerprint density at radius 2 is 2.09 bits per heavy atom. The fourth-order valence-corrected chi connectivity index (χ4v) is 1.39. The third kappa shape index (κ3) is 3.18. The zero-order valence-corrected chi connectivity index (χ0v) is 7.21. The molecule has 1 atom stereocenters. The molecule has 66 valence electrons. The standard InChI is InChI=1S/C8H18N2O/c1-8(7-11)6-10-4-2-9-3-5-10/h8-9,11H,2-7H2,1H3/t8-/m0/s1. The summed E-state index contributed by atoms with van der Waals surface area (Å²) in [4.78, 5) is 2.40. The lowest BCUT2D eigenvalue weighted by Crippen LogP contribution is -2.45. The first kappa shape index (κ1) is 8.97. The molecule has 0 aromatic heterocycles.